The Morgan fingerprint density at radius 2 is 2.00 bits per heavy atom. The smallest absolute Gasteiger partial charge is 0.417 e. The van der Waals surface area contributed by atoms with E-state index in [0.717, 1.165) is 10.5 Å². The Hall–Kier alpha value is -2.14. The van der Waals surface area contributed by atoms with Crippen molar-refractivity contribution in [2.75, 3.05) is 0 Å². The minimum absolute atomic E-state index is 0.111. The lowest BCUT2D eigenvalue weighted by molar-refractivity contribution is -0.137. The number of aliphatic hydroxyl groups is 1. The Kier molecular flexibility index (Phi) is 5.78. The summed E-state index contributed by atoms with van der Waals surface area (Å²) in [6.07, 6.45) is 0.329. The van der Waals surface area contributed by atoms with Crippen LogP contribution >= 0.6 is 0 Å². The van der Waals surface area contributed by atoms with Crippen molar-refractivity contribution in [3.8, 4) is 0 Å². The molecule has 24 heavy (non-hydrogen) atoms. The van der Waals surface area contributed by atoms with Gasteiger partial charge in [-0.3, -0.25) is 4.79 Å². The first-order valence-corrected chi connectivity index (χ1v) is 8.26. The molecule has 0 aliphatic carbocycles. The van der Waals surface area contributed by atoms with Crippen LogP contribution in [0.5, 0.6) is 0 Å². The second-order valence-electron chi connectivity index (χ2n) is 6.44. The van der Waals surface area contributed by atoms with Gasteiger partial charge in [0.15, 0.2) is 0 Å². The molecule has 5 nitrogen and oxygen atoms in total. The zero-order chi connectivity index (χ0) is 17.9. The Bertz CT molecular complexity index is 601. The molecule has 0 aromatic heterocycles. The van der Waals surface area contributed by atoms with Gasteiger partial charge in [0.2, 0.25) is 5.91 Å². The summed E-state index contributed by atoms with van der Waals surface area (Å²) in [5, 5.41) is 10.4. The van der Waals surface area contributed by atoms with Crippen LogP contribution in [0.15, 0.2) is 43.0 Å². The van der Waals surface area contributed by atoms with Gasteiger partial charge in [0.05, 0.1) is 18.1 Å². The third-order valence-corrected chi connectivity index (χ3v) is 4.66. The molecule has 1 aliphatic heterocycles. The van der Waals surface area contributed by atoms with Gasteiger partial charge >= 0.3 is 6.09 Å². The van der Waals surface area contributed by atoms with Crippen LogP contribution in [0.3, 0.4) is 0 Å². The van der Waals surface area contributed by atoms with E-state index in [1.165, 1.54) is 0 Å². The molecule has 5 heteroatoms. The van der Waals surface area contributed by atoms with Crippen LogP contribution in [0, 0.1) is 11.8 Å². The van der Waals surface area contributed by atoms with Crippen LogP contribution in [-0.4, -0.2) is 34.2 Å². The molecule has 0 bridgehead atoms. The van der Waals surface area contributed by atoms with Gasteiger partial charge in [-0.15, -0.1) is 6.58 Å². The summed E-state index contributed by atoms with van der Waals surface area (Å²) in [6.45, 7) is 8.93. The van der Waals surface area contributed by atoms with Gasteiger partial charge in [0.25, 0.3) is 0 Å². The molecule has 2 rings (SSSR count). The monoisotopic (exact) mass is 331 g/mol. The third-order valence-electron chi connectivity index (χ3n) is 4.66. The molecular formula is C19H25NO4. The molecule has 2 amide bonds. The zero-order valence-corrected chi connectivity index (χ0v) is 14.4. The average molecular weight is 331 g/mol. The van der Waals surface area contributed by atoms with E-state index in [1.807, 2.05) is 37.3 Å². The Morgan fingerprint density at radius 1 is 1.38 bits per heavy atom. The topological polar surface area (TPSA) is 66.8 Å². The SMILES string of the molecule is C=CC[C@H](C)[C@@H](O)[C@H](C)C(=O)N1C(=O)O[C@@H](c2ccccc2)[C@H]1C. The highest BCUT2D eigenvalue weighted by Gasteiger charge is 2.45. The summed E-state index contributed by atoms with van der Waals surface area (Å²) >= 11 is 0. The fourth-order valence-electron chi connectivity index (χ4n) is 3.11. The molecule has 130 valence electrons. The normalized spacial score (nSPS) is 24.2. The first-order valence-electron chi connectivity index (χ1n) is 8.26. The number of carbonyl (C=O) groups is 2. The van der Waals surface area contributed by atoms with Crippen molar-refractivity contribution >= 4 is 12.0 Å². The van der Waals surface area contributed by atoms with Crippen LogP contribution in [0.1, 0.15) is 38.9 Å². The molecule has 1 aromatic rings. The number of ether oxygens (including phenoxy) is 1. The fraction of sp³-hybridized carbons (Fsp3) is 0.474. The second-order valence-corrected chi connectivity index (χ2v) is 6.44. The number of rotatable bonds is 6. The van der Waals surface area contributed by atoms with Gasteiger partial charge in [-0.05, 0) is 24.8 Å². The minimum atomic E-state index is -0.841. The lowest BCUT2D eigenvalue weighted by atomic mass is 9.89. The summed E-state index contributed by atoms with van der Waals surface area (Å²) in [6, 6.07) is 8.93. The number of carbonyl (C=O) groups excluding carboxylic acids is 2. The quantitative estimate of drug-likeness (QED) is 0.812. The van der Waals surface area contributed by atoms with E-state index < -0.39 is 36.2 Å². The fourth-order valence-corrected chi connectivity index (χ4v) is 3.11. The molecule has 1 aliphatic rings. The maximum absolute atomic E-state index is 12.7. The minimum Gasteiger partial charge on any atom is -0.439 e. The molecule has 0 spiro atoms. The number of cyclic esters (lactones) is 1. The number of imide groups is 1. The number of nitrogens with zero attached hydrogens (tertiary/aromatic N) is 1. The van der Waals surface area contributed by atoms with Crippen LogP contribution in [-0.2, 0) is 9.53 Å². The summed E-state index contributed by atoms with van der Waals surface area (Å²) in [4.78, 5) is 26.1. The number of hydrogen-bond acceptors (Lipinski definition) is 4. The zero-order valence-electron chi connectivity index (χ0n) is 14.4. The number of amides is 2. The average Bonchev–Trinajstić information content (AvgIpc) is 2.88. The largest absolute Gasteiger partial charge is 0.439 e. The first kappa shape index (κ1) is 18.2. The summed E-state index contributed by atoms with van der Waals surface area (Å²) < 4.78 is 5.40. The van der Waals surface area contributed by atoms with Crippen molar-refractivity contribution in [2.24, 2.45) is 11.8 Å². The van der Waals surface area contributed by atoms with Crippen molar-refractivity contribution in [3.63, 3.8) is 0 Å². The molecular weight excluding hydrogens is 306 g/mol. The van der Waals surface area contributed by atoms with E-state index in [2.05, 4.69) is 6.58 Å². The number of allylic oxidation sites excluding steroid dienone is 1. The lowest BCUT2D eigenvalue weighted by Crippen LogP contribution is -2.45. The van der Waals surface area contributed by atoms with E-state index in [4.69, 9.17) is 4.74 Å². The molecule has 1 aromatic carbocycles. The number of benzene rings is 1. The number of aliphatic hydroxyl groups excluding tert-OH is 1. The maximum atomic E-state index is 12.7. The molecule has 1 saturated heterocycles. The van der Waals surface area contributed by atoms with Crippen LogP contribution in [0.2, 0.25) is 0 Å². The first-order chi connectivity index (χ1) is 11.4. The molecule has 0 saturated carbocycles. The van der Waals surface area contributed by atoms with Gasteiger partial charge < -0.3 is 9.84 Å². The predicted octanol–water partition coefficient (Wildman–Crippen LogP) is 3.30. The highest BCUT2D eigenvalue weighted by Crippen LogP contribution is 2.34. The van der Waals surface area contributed by atoms with Crippen LogP contribution < -0.4 is 0 Å². The Labute approximate surface area is 142 Å². The molecule has 0 radical (unpaired) electrons. The van der Waals surface area contributed by atoms with E-state index in [-0.39, 0.29) is 5.92 Å². The van der Waals surface area contributed by atoms with E-state index in [9.17, 15) is 14.7 Å². The number of hydrogen-bond donors (Lipinski definition) is 1. The van der Waals surface area contributed by atoms with Crippen molar-refractivity contribution in [1.29, 1.82) is 0 Å². The lowest BCUT2D eigenvalue weighted by Gasteiger charge is -2.27. The van der Waals surface area contributed by atoms with Crippen LogP contribution in [0.4, 0.5) is 4.79 Å². The molecule has 0 unspecified atom stereocenters. The maximum Gasteiger partial charge on any atom is 0.417 e. The predicted molar refractivity (Wildman–Crippen MR) is 91.1 cm³/mol. The molecule has 1 fully saturated rings. The molecule has 1 N–H and O–H groups in total. The van der Waals surface area contributed by atoms with E-state index in [0.29, 0.717) is 6.42 Å². The second kappa shape index (κ2) is 7.62. The molecule has 5 atom stereocenters. The highest BCUT2D eigenvalue weighted by atomic mass is 16.6. The van der Waals surface area contributed by atoms with Crippen LogP contribution in [0.25, 0.3) is 0 Å². The van der Waals surface area contributed by atoms with Gasteiger partial charge in [0, 0.05) is 0 Å². The summed E-state index contributed by atoms with van der Waals surface area (Å²) in [5.74, 6) is -1.21. The summed E-state index contributed by atoms with van der Waals surface area (Å²) in [7, 11) is 0. The van der Waals surface area contributed by atoms with E-state index in [1.54, 1.807) is 19.9 Å². The Morgan fingerprint density at radius 3 is 2.58 bits per heavy atom. The summed E-state index contributed by atoms with van der Waals surface area (Å²) in [5.41, 5.74) is 0.849. The van der Waals surface area contributed by atoms with Crippen molar-refractivity contribution < 1.29 is 19.4 Å². The van der Waals surface area contributed by atoms with Crippen molar-refractivity contribution in [3.05, 3.63) is 48.6 Å². The highest BCUT2D eigenvalue weighted by molar-refractivity contribution is 5.95. The van der Waals surface area contributed by atoms with Crippen molar-refractivity contribution in [1.82, 2.24) is 4.90 Å². The third kappa shape index (κ3) is 3.51. The van der Waals surface area contributed by atoms with Gasteiger partial charge in [-0.1, -0.05) is 50.3 Å². The van der Waals surface area contributed by atoms with E-state index >= 15 is 0 Å². The van der Waals surface area contributed by atoms with Crippen molar-refractivity contribution in [2.45, 2.75) is 45.4 Å². The van der Waals surface area contributed by atoms with Gasteiger partial charge in [-0.2, -0.15) is 0 Å². The molecule has 1 heterocycles. The van der Waals surface area contributed by atoms with Gasteiger partial charge in [-0.25, -0.2) is 9.69 Å². The standard InChI is InChI=1S/C19H25NO4/c1-5-9-12(2)16(21)13(3)18(22)20-14(4)17(24-19(20)23)15-10-7-6-8-11-15/h5-8,10-14,16-17,21H,1,9H2,2-4H3/t12-,13-,14+,16+,17+/m0/s1. The Balaban J connectivity index is 2.14. The van der Waals surface area contributed by atoms with Gasteiger partial charge in [0.1, 0.15) is 6.10 Å².